The Morgan fingerprint density at radius 2 is 1.24 bits per heavy atom. The predicted octanol–water partition coefficient (Wildman–Crippen LogP) is 9.28. The van der Waals surface area contributed by atoms with E-state index in [0.717, 1.165) is 44.4 Å². The second-order valence-corrected chi connectivity index (χ2v) is 10.6. The first-order chi connectivity index (χ1) is 18.8. The van der Waals surface area contributed by atoms with Gasteiger partial charge in [-0.15, -0.1) is 11.3 Å². The summed E-state index contributed by atoms with van der Waals surface area (Å²) in [6.45, 7) is 0. The van der Waals surface area contributed by atoms with Crippen LogP contribution in [-0.4, -0.2) is 14.5 Å². The first-order valence-corrected chi connectivity index (χ1v) is 13.5. The van der Waals surface area contributed by atoms with Crippen LogP contribution in [0.15, 0.2) is 128 Å². The Balaban J connectivity index is 1.47. The highest BCUT2D eigenvalue weighted by atomic mass is 32.1. The highest BCUT2D eigenvalue weighted by Crippen LogP contribution is 2.40. The zero-order valence-corrected chi connectivity index (χ0v) is 21.2. The molecule has 4 heterocycles. The van der Waals surface area contributed by atoms with Gasteiger partial charge in [0.25, 0.3) is 0 Å². The Hall–Kier alpha value is -4.80. The first kappa shape index (κ1) is 21.3. The van der Waals surface area contributed by atoms with Crippen molar-refractivity contribution in [1.29, 1.82) is 0 Å². The lowest BCUT2D eigenvalue weighted by Crippen LogP contribution is -1.98. The molecule has 0 aliphatic carbocycles. The van der Waals surface area contributed by atoms with Gasteiger partial charge in [-0.3, -0.25) is 9.55 Å². The third-order valence-electron chi connectivity index (χ3n) is 7.29. The number of benzene rings is 4. The van der Waals surface area contributed by atoms with E-state index in [-0.39, 0.29) is 0 Å². The van der Waals surface area contributed by atoms with Crippen molar-refractivity contribution in [2.45, 2.75) is 0 Å². The summed E-state index contributed by atoms with van der Waals surface area (Å²) in [6.07, 6.45) is 3.90. The fourth-order valence-electron chi connectivity index (χ4n) is 5.48. The summed E-state index contributed by atoms with van der Waals surface area (Å²) >= 11 is 1.84. The summed E-state index contributed by atoms with van der Waals surface area (Å²) < 4.78 is 4.85. The standard InChI is InChI=1S/C34H21N3S/c1-3-9-22(10-4-1)24-15-16-35-33(18-24)37-29-20-32-27(26-13-7-8-14-31(26)38-32)19-28(29)34-30(37)17-25(21-36-34)23-11-5-2-6-12-23/h1-21H. The van der Waals surface area contributed by atoms with E-state index in [9.17, 15) is 0 Å². The van der Waals surface area contributed by atoms with E-state index in [1.165, 1.54) is 25.7 Å². The molecule has 178 valence electrons. The maximum absolute atomic E-state index is 5.04. The van der Waals surface area contributed by atoms with Gasteiger partial charge in [0.2, 0.25) is 0 Å². The van der Waals surface area contributed by atoms with Crippen LogP contribution >= 0.6 is 11.3 Å². The number of thiophene rings is 1. The number of fused-ring (bicyclic) bond motifs is 6. The molecular weight excluding hydrogens is 482 g/mol. The quantitative estimate of drug-likeness (QED) is 0.240. The molecule has 4 aromatic carbocycles. The normalized spacial score (nSPS) is 11.7. The maximum atomic E-state index is 5.04. The van der Waals surface area contributed by atoms with Crippen molar-refractivity contribution in [3.05, 3.63) is 128 Å². The number of aromatic nitrogens is 3. The van der Waals surface area contributed by atoms with Crippen molar-refractivity contribution in [1.82, 2.24) is 14.5 Å². The van der Waals surface area contributed by atoms with E-state index in [0.29, 0.717) is 0 Å². The Labute approximate surface area is 223 Å². The Kier molecular flexibility index (Phi) is 4.69. The molecule has 0 bridgehead atoms. The fraction of sp³-hybridized carbons (Fsp3) is 0. The van der Waals surface area contributed by atoms with Gasteiger partial charge < -0.3 is 0 Å². The number of hydrogen-bond acceptors (Lipinski definition) is 3. The number of nitrogens with zero attached hydrogens (tertiary/aromatic N) is 3. The molecule has 0 amide bonds. The van der Waals surface area contributed by atoms with Gasteiger partial charge in [-0.05, 0) is 53.1 Å². The Bertz CT molecular complexity index is 2120. The van der Waals surface area contributed by atoms with Crippen LogP contribution in [0.2, 0.25) is 0 Å². The number of pyridine rings is 2. The molecule has 0 fully saturated rings. The minimum atomic E-state index is 0.888. The van der Waals surface area contributed by atoms with E-state index in [1.54, 1.807) is 0 Å². The first-order valence-electron chi connectivity index (χ1n) is 12.7. The van der Waals surface area contributed by atoms with Crippen molar-refractivity contribution in [3.8, 4) is 28.1 Å². The van der Waals surface area contributed by atoms with Crippen LogP contribution in [0.3, 0.4) is 0 Å². The van der Waals surface area contributed by atoms with Crippen LogP contribution < -0.4 is 0 Å². The molecule has 0 saturated heterocycles. The Morgan fingerprint density at radius 1 is 0.500 bits per heavy atom. The fourth-order valence-corrected chi connectivity index (χ4v) is 6.60. The van der Waals surface area contributed by atoms with Gasteiger partial charge in [0.1, 0.15) is 5.82 Å². The van der Waals surface area contributed by atoms with Gasteiger partial charge in [-0.2, -0.15) is 0 Å². The molecule has 0 N–H and O–H groups in total. The van der Waals surface area contributed by atoms with Crippen LogP contribution in [-0.2, 0) is 0 Å². The van der Waals surface area contributed by atoms with Gasteiger partial charge in [0.15, 0.2) is 0 Å². The lowest BCUT2D eigenvalue weighted by atomic mass is 10.1. The summed E-state index contributed by atoms with van der Waals surface area (Å²) in [5, 5.41) is 3.71. The highest BCUT2D eigenvalue weighted by Gasteiger charge is 2.18. The second-order valence-electron chi connectivity index (χ2n) is 9.53. The van der Waals surface area contributed by atoms with E-state index >= 15 is 0 Å². The van der Waals surface area contributed by atoms with Crippen LogP contribution in [0.1, 0.15) is 0 Å². The topological polar surface area (TPSA) is 30.7 Å². The van der Waals surface area contributed by atoms with Gasteiger partial charge in [-0.1, -0.05) is 78.9 Å². The molecule has 0 aliphatic heterocycles. The number of rotatable bonds is 3. The Morgan fingerprint density at radius 3 is 2.05 bits per heavy atom. The lowest BCUT2D eigenvalue weighted by molar-refractivity contribution is 1.08. The van der Waals surface area contributed by atoms with Crippen molar-refractivity contribution < 1.29 is 0 Å². The molecule has 8 aromatic rings. The smallest absolute Gasteiger partial charge is 0.138 e. The minimum Gasteiger partial charge on any atom is -0.292 e. The monoisotopic (exact) mass is 503 g/mol. The third-order valence-corrected chi connectivity index (χ3v) is 8.42. The van der Waals surface area contributed by atoms with E-state index in [2.05, 4.69) is 108 Å². The molecule has 0 unspecified atom stereocenters. The maximum Gasteiger partial charge on any atom is 0.138 e. The van der Waals surface area contributed by atoms with Gasteiger partial charge in [0.05, 0.1) is 16.6 Å². The SMILES string of the molecule is c1ccc(-c2ccnc(-n3c4cc5sc6ccccc6c5cc4c4ncc(-c5ccccc5)cc43)c2)cc1. The summed E-state index contributed by atoms with van der Waals surface area (Å²) in [4.78, 5) is 9.91. The minimum absolute atomic E-state index is 0.888. The van der Waals surface area contributed by atoms with Crippen molar-refractivity contribution in [3.63, 3.8) is 0 Å². The largest absolute Gasteiger partial charge is 0.292 e. The molecule has 0 saturated carbocycles. The summed E-state index contributed by atoms with van der Waals surface area (Å²) in [6, 6.07) is 40.7. The molecular formula is C34H21N3S. The summed E-state index contributed by atoms with van der Waals surface area (Å²) in [5.74, 6) is 0.888. The summed E-state index contributed by atoms with van der Waals surface area (Å²) in [7, 11) is 0. The molecule has 0 spiro atoms. The van der Waals surface area contributed by atoms with E-state index < -0.39 is 0 Å². The average molecular weight is 504 g/mol. The van der Waals surface area contributed by atoms with E-state index in [1.807, 2.05) is 35.9 Å². The molecule has 8 rings (SSSR count). The lowest BCUT2D eigenvalue weighted by Gasteiger charge is -2.10. The zero-order valence-electron chi connectivity index (χ0n) is 20.4. The van der Waals surface area contributed by atoms with Crippen molar-refractivity contribution in [2.75, 3.05) is 0 Å². The van der Waals surface area contributed by atoms with Crippen LogP contribution in [0.5, 0.6) is 0 Å². The second kappa shape index (κ2) is 8.37. The van der Waals surface area contributed by atoms with Gasteiger partial charge in [0, 0.05) is 43.5 Å². The average Bonchev–Trinajstić information content (AvgIpc) is 3.51. The van der Waals surface area contributed by atoms with Crippen LogP contribution in [0.25, 0.3) is 70.2 Å². The molecule has 0 radical (unpaired) electrons. The zero-order chi connectivity index (χ0) is 25.1. The molecule has 0 aliphatic rings. The molecule has 4 aromatic heterocycles. The van der Waals surface area contributed by atoms with E-state index in [4.69, 9.17) is 9.97 Å². The third kappa shape index (κ3) is 3.28. The van der Waals surface area contributed by atoms with Gasteiger partial charge in [-0.25, -0.2) is 4.98 Å². The molecule has 0 atom stereocenters. The van der Waals surface area contributed by atoms with Crippen molar-refractivity contribution >= 4 is 53.4 Å². The molecule has 38 heavy (non-hydrogen) atoms. The predicted molar refractivity (Wildman–Crippen MR) is 160 cm³/mol. The summed E-state index contributed by atoms with van der Waals surface area (Å²) in [5.41, 5.74) is 7.72. The molecule has 3 nitrogen and oxygen atoms in total. The number of hydrogen-bond donors (Lipinski definition) is 0. The van der Waals surface area contributed by atoms with Gasteiger partial charge >= 0.3 is 0 Å². The van der Waals surface area contributed by atoms with Crippen LogP contribution in [0.4, 0.5) is 0 Å². The van der Waals surface area contributed by atoms with Crippen LogP contribution in [0, 0.1) is 0 Å². The highest BCUT2D eigenvalue weighted by molar-refractivity contribution is 7.25. The molecule has 4 heteroatoms. The van der Waals surface area contributed by atoms with Crippen molar-refractivity contribution in [2.24, 2.45) is 0 Å².